The Morgan fingerprint density at radius 2 is 1.96 bits per heavy atom. The number of methoxy groups -OCH3 is 1. The smallest absolute Gasteiger partial charge is 0.244 e. The summed E-state index contributed by atoms with van der Waals surface area (Å²) in [6.07, 6.45) is 1.25. The molecule has 2 aromatic rings. The van der Waals surface area contributed by atoms with E-state index in [0.29, 0.717) is 25.1 Å². The van der Waals surface area contributed by atoms with Crippen LogP contribution >= 0.6 is 11.3 Å². The molecule has 0 amide bonds. The average Bonchev–Trinajstić information content (AvgIpc) is 3.10. The molecule has 138 valence electrons. The normalized spacial score (nSPS) is 13.0. The largest absolute Gasteiger partial charge is 0.495 e. The van der Waals surface area contributed by atoms with Gasteiger partial charge in [0.2, 0.25) is 10.0 Å². The van der Waals surface area contributed by atoms with Crippen molar-refractivity contribution in [3.63, 3.8) is 0 Å². The van der Waals surface area contributed by atoms with Crippen LogP contribution < -0.4 is 9.46 Å². The van der Waals surface area contributed by atoms with Gasteiger partial charge in [-0.2, -0.15) is 11.3 Å². The minimum Gasteiger partial charge on any atom is -0.495 e. The van der Waals surface area contributed by atoms with Crippen LogP contribution in [0, 0.1) is 13.8 Å². The Kier molecular flexibility index (Phi) is 7.01. The molecule has 25 heavy (non-hydrogen) atoms. The molecule has 0 bridgehead atoms. The van der Waals surface area contributed by atoms with Gasteiger partial charge in [0.05, 0.1) is 7.11 Å². The van der Waals surface area contributed by atoms with E-state index >= 15 is 0 Å². The van der Waals surface area contributed by atoms with Crippen molar-refractivity contribution in [3.8, 4) is 5.75 Å². The fourth-order valence-electron chi connectivity index (χ4n) is 2.72. The van der Waals surface area contributed by atoms with Gasteiger partial charge in [0.15, 0.2) is 0 Å². The molecular weight excluding hydrogens is 358 g/mol. The van der Waals surface area contributed by atoms with E-state index in [1.165, 1.54) is 7.11 Å². The molecule has 0 saturated carbocycles. The summed E-state index contributed by atoms with van der Waals surface area (Å²) in [5.74, 6) is 0.487. The van der Waals surface area contributed by atoms with Crippen LogP contribution in [-0.4, -0.2) is 33.8 Å². The van der Waals surface area contributed by atoms with Crippen molar-refractivity contribution in [1.82, 2.24) is 4.72 Å². The van der Waals surface area contributed by atoms with Crippen molar-refractivity contribution in [1.29, 1.82) is 0 Å². The highest BCUT2D eigenvalue weighted by Gasteiger charge is 2.21. The summed E-state index contributed by atoms with van der Waals surface area (Å²) in [7, 11) is -2.19. The zero-order chi connectivity index (χ0) is 18.4. The van der Waals surface area contributed by atoms with E-state index in [4.69, 9.17) is 4.74 Å². The monoisotopic (exact) mass is 383 g/mol. The van der Waals surface area contributed by atoms with Gasteiger partial charge in [-0.3, -0.25) is 0 Å². The zero-order valence-corrected chi connectivity index (χ0v) is 16.4. The first-order chi connectivity index (χ1) is 11.9. The lowest BCUT2D eigenvalue weighted by atomic mass is 9.95. The molecule has 1 unspecified atom stereocenters. The molecule has 2 N–H and O–H groups in total. The van der Waals surface area contributed by atoms with Crippen LogP contribution in [0.15, 0.2) is 33.9 Å². The first-order valence-electron chi connectivity index (χ1n) is 8.17. The number of aryl methyl sites for hydroxylation is 2. The number of rotatable bonds is 9. The Bertz CT molecular complexity index is 786. The van der Waals surface area contributed by atoms with Gasteiger partial charge in [-0.1, -0.05) is 0 Å². The number of ether oxygens (including phenoxy) is 1. The molecule has 0 aliphatic rings. The predicted molar refractivity (Wildman–Crippen MR) is 101 cm³/mol. The van der Waals surface area contributed by atoms with Gasteiger partial charge in [0, 0.05) is 13.2 Å². The van der Waals surface area contributed by atoms with Crippen LogP contribution in [0.1, 0.15) is 35.4 Å². The second-order valence-electron chi connectivity index (χ2n) is 6.04. The van der Waals surface area contributed by atoms with Gasteiger partial charge < -0.3 is 9.84 Å². The topological polar surface area (TPSA) is 75.6 Å². The molecular formula is C18H25NO4S2. The Morgan fingerprint density at radius 3 is 2.56 bits per heavy atom. The predicted octanol–water partition coefficient (Wildman–Crippen LogP) is 3.21. The standard InChI is InChI=1S/C18H25NO4S2/c1-13-10-17(23-3)18(11-14(13)2)25(21,22)19-7-4-15(5-8-20)16-6-9-24-12-16/h6,9-12,15,19-20H,4-5,7-8H2,1-3H3. The molecule has 0 aliphatic carbocycles. The maximum Gasteiger partial charge on any atom is 0.244 e. The maximum absolute atomic E-state index is 12.7. The highest BCUT2D eigenvalue weighted by Crippen LogP contribution is 2.28. The van der Waals surface area contributed by atoms with Crippen LogP contribution in [0.3, 0.4) is 0 Å². The Morgan fingerprint density at radius 1 is 1.24 bits per heavy atom. The summed E-state index contributed by atoms with van der Waals surface area (Å²) in [5.41, 5.74) is 3.02. The summed E-state index contributed by atoms with van der Waals surface area (Å²) >= 11 is 1.60. The minimum atomic E-state index is -3.66. The number of hydrogen-bond acceptors (Lipinski definition) is 5. The quantitative estimate of drug-likeness (QED) is 0.697. The average molecular weight is 384 g/mol. The third kappa shape index (κ3) is 5.04. The number of nitrogens with one attached hydrogen (secondary N) is 1. The molecule has 0 aliphatic heterocycles. The van der Waals surface area contributed by atoms with E-state index in [1.807, 2.05) is 30.7 Å². The molecule has 7 heteroatoms. The summed E-state index contributed by atoms with van der Waals surface area (Å²) < 4.78 is 33.2. The van der Waals surface area contributed by atoms with Crippen molar-refractivity contribution >= 4 is 21.4 Å². The SMILES string of the molecule is COc1cc(C)c(C)cc1S(=O)(=O)NCCC(CCO)c1ccsc1. The molecule has 1 heterocycles. The fraction of sp³-hybridized carbons (Fsp3) is 0.444. The number of benzene rings is 1. The molecule has 0 saturated heterocycles. The highest BCUT2D eigenvalue weighted by molar-refractivity contribution is 7.89. The van der Waals surface area contributed by atoms with Crippen LogP contribution in [0.2, 0.25) is 0 Å². The van der Waals surface area contributed by atoms with Crippen molar-refractivity contribution in [2.75, 3.05) is 20.3 Å². The Labute approximate surface area is 153 Å². The van der Waals surface area contributed by atoms with Crippen molar-refractivity contribution < 1.29 is 18.3 Å². The molecule has 1 atom stereocenters. The number of hydrogen-bond donors (Lipinski definition) is 2. The highest BCUT2D eigenvalue weighted by atomic mass is 32.2. The Balaban J connectivity index is 2.10. The van der Waals surface area contributed by atoms with E-state index < -0.39 is 10.0 Å². The minimum absolute atomic E-state index is 0.0816. The number of thiophene rings is 1. The summed E-state index contributed by atoms with van der Waals surface area (Å²) in [5, 5.41) is 13.3. The van der Waals surface area contributed by atoms with Crippen molar-refractivity contribution in [2.24, 2.45) is 0 Å². The van der Waals surface area contributed by atoms with Gasteiger partial charge >= 0.3 is 0 Å². The molecule has 1 aromatic carbocycles. The fourth-order valence-corrected chi connectivity index (χ4v) is 4.74. The molecule has 1 aromatic heterocycles. The number of sulfonamides is 1. The lowest BCUT2D eigenvalue weighted by Gasteiger charge is -2.16. The lowest BCUT2D eigenvalue weighted by Crippen LogP contribution is -2.26. The van der Waals surface area contributed by atoms with Gasteiger partial charge in [-0.15, -0.1) is 0 Å². The first-order valence-corrected chi connectivity index (χ1v) is 10.6. The van der Waals surface area contributed by atoms with Gasteiger partial charge in [-0.25, -0.2) is 13.1 Å². The van der Waals surface area contributed by atoms with E-state index in [0.717, 1.165) is 16.7 Å². The zero-order valence-electron chi connectivity index (χ0n) is 14.8. The Hall–Kier alpha value is -1.41. The first kappa shape index (κ1) is 19.9. The summed E-state index contributed by atoms with van der Waals surface area (Å²) in [6.45, 7) is 4.18. The number of aliphatic hydroxyl groups excluding tert-OH is 1. The van der Waals surface area contributed by atoms with Crippen molar-refractivity contribution in [3.05, 3.63) is 45.6 Å². The summed E-state index contributed by atoms with van der Waals surface area (Å²) in [4.78, 5) is 0.160. The molecule has 0 spiro atoms. The maximum atomic E-state index is 12.7. The van der Waals surface area contributed by atoms with E-state index in [9.17, 15) is 13.5 Å². The summed E-state index contributed by atoms with van der Waals surface area (Å²) in [6, 6.07) is 5.40. The van der Waals surface area contributed by atoms with Gasteiger partial charge in [-0.05, 0) is 78.3 Å². The van der Waals surface area contributed by atoms with Crippen LogP contribution in [0.4, 0.5) is 0 Å². The van der Waals surface area contributed by atoms with Gasteiger partial charge in [0.1, 0.15) is 10.6 Å². The second-order valence-corrected chi connectivity index (χ2v) is 8.56. The molecule has 5 nitrogen and oxygen atoms in total. The van der Waals surface area contributed by atoms with E-state index in [1.54, 1.807) is 23.5 Å². The van der Waals surface area contributed by atoms with Crippen LogP contribution in [-0.2, 0) is 10.0 Å². The second kappa shape index (κ2) is 8.80. The van der Waals surface area contributed by atoms with E-state index in [-0.39, 0.29) is 17.4 Å². The van der Waals surface area contributed by atoms with Gasteiger partial charge in [0.25, 0.3) is 0 Å². The third-order valence-electron chi connectivity index (χ3n) is 4.35. The molecule has 0 fully saturated rings. The van der Waals surface area contributed by atoms with Crippen LogP contribution in [0.5, 0.6) is 5.75 Å². The third-order valence-corrected chi connectivity index (χ3v) is 6.53. The van der Waals surface area contributed by atoms with Crippen molar-refractivity contribution in [2.45, 2.75) is 37.5 Å². The lowest BCUT2D eigenvalue weighted by molar-refractivity contribution is 0.273. The molecule has 0 radical (unpaired) electrons. The van der Waals surface area contributed by atoms with Crippen LogP contribution in [0.25, 0.3) is 0 Å². The molecule has 2 rings (SSSR count). The number of aliphatic hydroxyl groups is 1. The van der Waals surface area contributed by atoms with E-state index in [2.05, 4.69) is 4.72 Å².